The minimum absolute atomic E-state index is 0.120. The van der Waals surface area contributed by atoms with E-state index in [-0.39, 0.29) is 12.5 Å². The highest BCUT2D eigenvalue weighted by atomic mass is 32.1. The predicted octanol–water partition coefficient (Wildman–Crippen LogP) is 3.81. The average molecular weight is 412 g/mol. The molecule has 4 rings (SSSR count). The number of nitrogens with zero attached hydrogens (tertiary/aromatic N) is 3. The summed E-state index contributed by atoms with van der Waals surface area (Å²) in [7, 11) is 0. The van der Waals surface area contributed by atoms with Crippen LogP contribution in [0.25, 0.3) is 10.2 Å². The Hall–Kier alpha value is -2.64. The zero-order valence-electron chi connectivity index (χ0n) is 16.7. The molecule has 7 heteroatoms. The van der Waals surface area contributed by atoms with E-state index in [0.29, 0.717) is 23.2 Å². The van der Waals surface area contributed by atoms with Gasteiger partial charge in [-0.25, -0.2) is 4.98 Å². The van der Waals surface area contributed by atoms with Crippen LogP contribution in [0.2, 0.25) is 0 Å². The lowest BCUT2D eigenvalue weighted by Gasteiger charge is -2.30. The van der Waals surface area contributed by atoms with Gasteiger partial charge in [0.15, 0.2) is 16.6 Å². The Morgan fingerprint density at radius 2 is 1.79 bits per heavy atom. The monoisotopic (exact) mass is 411 g/mol. The van der Waals surface area contributed by atoms with Crippen molar-refractivity contribution in [2.75, 3.05) is 37.7 Å². The molecule has 1 atom stereocenters. The van der Waals surface area contributed by atoms with Gasteiger partial charge in [0.2, 0.25) is 6.10 Å². The Morgan fingerprint density at radius 3 is 2.55 bits per heavy atom. The summed E-state index contributed by atoms with van der Waals surface area (Å²) in [4.78, 5) is 22.2. The van der Waals surface area contributed by atoms with Crippen molar-refractivity contribution in [3.8, 4) is 11.5 Å². The lowest BCUT2D eigenvalue weighted by molar-refractivity contribution is -0.127. The van der Waals surface area contributed by atoms with E-state index in [4.69, 9.17) is 14.5 Å². The summed E-state index contributed by atoms with van der Waals surface area (Å²) in [5.41, 5.74) is 0.902. The van der Waals surface area contributed by atoms with Gasteiger partial charge in [-0.3, -0.25) is 9.69 Å². The van der Waals surface area contributed by atoms with Crippen LogP contribution in [0.4, 0.5) is 5.13 Å². The summed E-state index contributed by atoms with van der Waals surface area (Å²) >= 11 is 1.53. The first-order valence-electron chi connectivity index (χ1n) is 9.97. The van der Waals surface area contributed by atoms with E-state index in [2.05, 4.69) is 18.7 Å². The molecule has 0 N–H and O–H groups in total. The maximum atomic E-state index is 13.4. The zero-order valence-corrected chi connectivity index (χ0v) is 17.5. The van der Waals surface area contributed by atoms with Crippen LogP contribution in [-0.2, 0) is 4.79 Å². The van der Waals surface area contributed by atoms with Crippen LogP contribution < -0.4 is 14.4 Å². The number of aromatic nitrogens is 1. The molecule has 0 fully saturated rings. The summed E-state index contributed by atoms with van der Waals surface area (Å²) in [6.07, 6.45) is -0.686. The fourth-order valence-electron chi connectivity index (χ4n) is 3.37. The number of thiazole rings is 1. The molecule has 0 bridgehead atoms. The van der Waals surface area contributed by atoms with Crippen molar-refractivity contribution < 1.29 is 14.3 Å². The first kappa shape index (κ1) is 19.7. The molecule has 1 amide bonds. The third kappa shape index (κ3) is 4.21. The van der Waals surface area contributed by atoms with Crippen molar-refractivity contribution in [1.29, 1.82) is 0 Å². The molecule has 0 saturated heterocycles. The molecule has 1 aromatic heterocycles. The molecule has 0 radical (unpaired) electrons. The van der Waals surface area contributed by atoms with Gasteiger partial charge < -0.3 is 14.4 Å². The minimum Gasteiger partial charge on any atom is -0.485 e. The Bertz CT molecular complexity index is 953. The molecule has 3 aromatic rings. The molecular weight excluding hydrogens is 386 g/mol. The number of hydrogen-bond acceptors (Lipinski definition) is 6. The van der Waals surface area contributed by atoms with Crippen molar-refractivity contribution >= 4 is 32.6 Å². The van der Waals surface area contributed by atoms with E-state index >= 15 is 0 Å². The number of hydrogen-bond donors (Lipinski definition) is 0. The SMILES string of the molecule is CCN(CC)CCN(C(=O)[C@@H]1COc2ccccc2O1)c1nc2ccccc2s1. The fourth-order valence-corrected chi connectivity index (χ4v) is 4.37. The standard InChI is InChI=1S/C22H25N3O3S/c1-3-24(4-2)13-14-25(22-23-16-9-5-8-12-20(16)29-22)21(26)19-15-27-17-10-6-7-11-18(17)28-19/h5-12,19H,3-4,13-15H2,1-2H3/t19-/m0/s1. The number of fused-ring (bicyclic) bond motifs is 2. The smallest absolute Gasteiger partial charge is 0.273 e. The molecule has 1 aliphatic rings. The molecule has 2 heterocycles. The Morgan fingerprint density at radius 1 is 1.07 bits per heavy atom. The second kappa shape index (κ2) is 8.80. The highest BCUT2D eigenvalue weighted by Gasteiger charge is 2.33. The quantitative estimate of drug-likeness (QED) is 0.592. The van der Waals surface area contributed by atoms with Gasteiger partial charge in [0.25, 0.3) is 5.91 Å². The zero-order chi connectivity index (χ0) is 20.2. The third-order valence-corrected chi connectivity index (χ3v) is 6.16. The maximum Gasteiger partial charge on any atom is 0.273 e. The maximum absolute atomic E-state index is 13.4. The number of carbonyl (C=O) groups excluding carboxylic acids is 1. The molecule has 29 heavy (non-hydrogen) atoms. The molecule has 152 valence electrons. The van der Waals surface area contributed by atoms with Gasteiger partial charge in [0, 0.05) is 13.1 Å². The van der Waals surface area contributed by atoms with Crippen LogP contribution >= 0.6 is 11.3 Å². The van der Waals surface area contributed by atoms with Gasteiger partial charge in [0.05, 0.1) is 10.2 Å². The first-order valence-corrected chi connectivity index (χ1v) is 10.8. The largest absolute Gasteiger partial charge is 0.485 e. The summed E-state index contributed by atoms with van der Waals surface area (Å²) < 4.78 is 12.8. The van der Waals surface area contributed by atoms with Crippen molar-refractivity contribution in [2.24, 2.45) is 0 Å². The van der Waals surface area contributed by atoms with E-state index in [9.17, 15) is 4.79 Å². The fraction of sp³-hybridized carbons (Fsp3) is 0.364. The summed E-state index contributed by atoms with van der Waals surface area (Å²) in [5.74, 6) is 1.15. The Kier molecular flexibility index (Phi) is 5.97. The van der Waals surface area contributed by atoms with Crippen molar-refractivity contribution in [3.63, 3.8) is 0 Å². The minimum atomic E-state index is -0.686. The van der Waals surface area contributed by atoms with Crippen molar-refractivity contribution in [2.45, 2.75) is 20.0 Å². The number of benzene rings is 2. The number of likely N-dealkylation sites (N-methyl/N-ethyl adjacent to an activating group) is 1. The van der Waals surface area contributed by atoms with Gasteiger partial charge in [-0.2, -0.15) is 0 Å². The number of rotatable bonds is 7. The molecule has 0 spiro atoms. The van der Waals surface area contributed by atoms with Gasteiger partial charge in [-0.05, 0) is 37.4 Å². The lowest BCUT2D eigenvalue weighted by atomic mass is 10.2. The van der Waals surface area contributed by atoms with Crippen molar-refractivity contribution in [3.05, 3.63) is 48.5 Å². The summed E-state index contributed by atoms with van der Waals surface area (Å²) in [6, 6.07) is 15.4. The molecular formula is C22H25N3O3S. The summed E-state index contributed by atoms with van der Waals surface area (Å²) in [5, 5.41) is 0.700. The normalized spacial score (nSPS) is 15.6. The van der Waals surface area contributed by atoms with Gasteiger partial charge in [-0.15, -0.1) is 0 Å². The highest BCUT2D eigenvalue weighted by molar-refractivity contribution is 7.22. The number of para-hydroxylation sites is 3. The van der Waals surface area contributed by atoms with Gasteiger partial charge >= 0.3 is 0 Å². The molecule has 2 aromatic carbocycles. The molecule has 0 unspecified atom stereocenters. The second-order valence-corrected chi connectivity index (χ2v) is 7.85. The highest BCUT2D eigenvalue weighted by Crippen LogP contribution is 2.33. The van der Waals surface area contributed by atoms with Gasteiger partial charge in [0.1, 0.15) is 6.61 Å². The lowest BCUT2D eigenvalue weighted by Crippen LogP contribution is -2.48. The van der Waals surface area contributed by atoms with E-state index < -0.39 is 6.10 Å². The molecule has 1 aliphatic heterocycles. The van der Waals surface area contributed by atoms with E-state index in [1.165, 1.54) is 11.3 Å². The van der Waals surface area contributed by atoms with Gasteiger partial charge in [-0.1, -0.05) is 49.4 Å². The van der Waals surface area contributed by atoms with E-state index in [1.807, 2.05) is 48.5 Å². The average Bonchev–Trinajstić information content (AvgIpc) is 3.20. The Balaban J connectivity index is 1.59. The van der Waals surface area contributed by atoms with E-state index in [0.717, 1.165) is 29.9 Å². The van der Waals surface area contributed by atoms with Crippen LogP contribution in [0.3, 0.4) is 0 Å². The van der Waals surface area contributed by atoms with E-state index in [1.54, 1.807) is 4.90 Å². The number of ether oxygens (including phenoxy) is 2. The molecule has 0 aliphatic carbocycles. The number of amides is 1. The molecule has 6 nitrogen and oxygen atoms in total. The second-order valence-electron chi connectivity index (χ2n) is 6.85. The predicted molar refractivity (Wildman–Crippen MR) is 116 cm³/mol. The Labute approximate surface area is 174 Å². The first-order chi connectivity index (χ1) is 14.2. The number of carbonyl (C=O) groups is 1. The topological polar surface area (TPSA) is 54.9 Å². The summed E-state index contributed by atoms with van der Waals surface area (Å²) in [6.45, 7) is 7.66. The third-order valence-electron chi connectivity index (χ3n) is 5.10. The van der Waals surface area contributed by atoms with Crippen LogP contribution in [-0.4, -0.2) is 54.7 Å². The van der Waals surface area contributed by atoms with Crippen molar-refractivity contribution in [1.82, 2.24) is 9.88 Å². The van der Waals surface area contributed by atoms with Crippen LogP contribution in [0.15, 0.2) is 48.5 Å². The van der Waals surface area contributed by atoms with Crippen LogP contribution in [0.5, 0.6) is 11.5 Å². The number of anilines is 1. The van der Waals surface area contributed by atoms with Crippen LogP contribution in [0.1, 0.15) is 13.8 Å². The van der Waals surface area contributed by atoms with Crippen LogP contribution in [0, 0.1) is 0 Å². The molecule has 0 saturated carbocycles.